The van der Waals surface area contributed by atoms with Gasteiger partial charge < -0.3 is 5.11 Å². The maximum atomic E-state index is 13.6. The lowest BCUT2D eigenvalue weighted by molar-refractivity contribution is -0.138. The van der Waals surface area contributed by atoms with Crippen LogP contribution in [-0.2, 0) is 11.2 Å². The molecule has 0 radical (unpaired) electrons. The molecule has 0 saturated carbocycles. The van der Waals surface area contributed by atoms with E-state index < -0.39 is 17.7 Å². The quantitative estimate of drug-likeness (QED) is 0.938. The van der Waals surface area contributed by atoms with Crippen LogP contribution >= 0.6 is 15.9 Å². The molecule has 0 amide bonds. The van der Waals surface area contributed by atoms with Gasteiger partial charge in [0.05, 0.1) is 5.69 Å². The van der Waals surface area contributed by atoms with Crippen molar-refractivity contribution < 1.29 is 14.3 Å². The van der Waals surface area contributed by atoms with Gasteiger partial charge in [0.25, 0.3) is 0 Å². The Morgan fingerprint density at radius 3 is 2.63 bits per heavy atom. The van der Waals surface area contributed by atoms with E-state index in [1.54, 1.807) is 30.3 Å². The Morgan fingerprint density at radius 2 is 2.05 bits per heavy atom. The van der Waals surface area contributed by atoms with Crippen molar-refractivity contribution in [1.82, 2.24) is 4.98 Å². The number of carboxylic acid groups (broad SMARTS) is 1. The second kappa shape index (κ2) is 5.93. The van der Waals surface area contributed by atoms with Crippen molar-refractivity contribution >= 4 is 21.9 Å². The number of halogens is 2. The van der Waals surface area contributed by atoms with Crippen LogP contribution < -0.4 is 0 Å². The summed E-state index contributed by atoms with van der Waals surface area (Å²) in [4.78, 5) is 15.4. The van der Waals surface area contributed by atoms with E-state index >= 15 is 0 Å². The molecule has 19 heavy (non-hydrogen) atoms. The summed E-state index contributed by atoms with van der Waals surface area (Å²) in [5, 5.41) is 9.27. The van der Waals surface area contributed by atoms with Crippen molar-refractivity contribution in [2.24, 2.45) is 0 Å². The Hall–Kier alpha value is -1.75. The van der Waals surface area contributed by atoms with E-state index in [-0.39, 0.29) is 6.42 Å². The first kappa shape index (κ1) is 13.7. The lowest BCUT2D eigenvalue weighted by atomic mass is 9.95. The Morgan fingerprint density at radius 1 is 1.32 bits per heavy atom. The topological polar surface area (TPSA) is 50.2 Å². The Bertz CT molecular complexity index is 586. The van der Waals surface area contributed by atoms with Crippen LogP contribution in [-0.4, -0.2) is 16.1 Å². The third kappa shape index (κ3) is 3.38. The van der Waals surface area contributed by atoms with Gasteiger partial charge in [0.15, 0.2) is 0 Å². The summed E-state index contributed by atoms with van der Waals surface area (Å²) in [6.07, 6.45) is 1.61. The predicted octanol–water partition coefficient (Wildman–Crippen LogP) is 3.39. The zero-order valence-electron chi connectivity index (χ0n) is 9.88. The number of aliphatic carboxylic acids is 1. The van der Waals surface area contributed by atoms with Crippen LogP contribution in [0.2, 0.25) is 0 Å². The predicted molar refractivity (Wildman–Crippen MR) is 72.4 cm³/mol. The Labute approximate surface area is 118 Å². The van der Waals surface area contributed by atoms with Crippen molar-refractivity contribution in [2.75, 3.05) is 0 Å². The minimum atomic E-state index is -1.02. The molecule has 0 saturated heterocycles. The molecule has 2 rings (SSSR count). The number of carbonyl (C=O) groups is 1. The molecule has 0 bridgehead atoms. The Kier molecular flexibility index (Phi) is 4.27. The van der Waals surface area contributed by atoms with Gasteiger partial charge in [0.1, 0.15) is 11.7 Å². The summed E-state index contributed by atoms with van der Waals surface area (Å²) >= 11 is 3.24. The second-order valence-electron chi connectivity index (χ2n) is 4.09. The molecule has 0 spiro atoms. The number of carboxylic acids is 1. The molecule has 0 aliphatic rings. The maximum Gasteiger partial charge on any atom is 0.312 e. The molecule has 0 fully saturated rings. The average molecular weight is 324 g/mol. The number of nitrogens with zero attached hydrogens (tertiary/aromatic N) is 1. The molecule has 1 N–H and O–H groups in total. The van der Waals surface area contributed by atoms with Crippen molar-refractivity contribution in [3.63, 3.8) is 0 Å². The first-order chi connectivity index (χ1) is 9.08. The molecule has 1 heterocycles. The summed E-state index contributed by atoms with van der Waals surface area (Å²) in [6.45, 7) is 0. The van der Waals surface area contributed by atoms with Crippen LogP contribution in [0.4, 0.5) is 4.39 Å². The van der Waals surface area contributed by atoms with Gasteiger partial charge in [0, 0.05) is 10.7 Å². The van der Waals surface area contributed by atoms with E-state index in [1.165, 1.54) is 12.3 Å². The monoisotopic (exact) mass is 323 g/mol. The van der Waals surface area contributed by atoms with Crippen LogP contribution in [0.1, 0.15) is 17.2 Å². The van der Waals surface area contributed by atoms with Crippen LogP contribution in [0.15, 0.2) is 47.1 Å². The fourth-order valence-electron chi connectivity index (χ4n) is 1.80. The number of aromatic nitrogens is 1. The van der Waals surface area contributed by atoms with Crippen LogP contribution in [0.3, 0.4) is 0 Å². The van der Waals surface area contributed by atoms with Gasteiger partial charge in [-0.15, -0.1) is 0 Å². The number of benzene rings is 1. The molecular formula is C14H11BrFNO2. The van der Waals surface area contributed by atoms with Crippen molar-refractivity contribution in [1.29, 1.82) is 0 Å². The molecule has 1 atom stereocenters. The van der Waals surface area contributed by atoms with Gasteiger partial charge in [-0.3, -0.25) is 9.78 Å². The number of hydrogen-bond donors (Lipinski definition) is 1. The summed E-state index contributed by atoms with van der Waals surface area (Å²) in [7, 11) is 0. The lowest BCUT2D eigenvalue weighted by Crippen LogP contribution is -2.16. The van der Waals surface area contributed by atoms with Crippen LogP contribution in [0.25, 0.3) is 0 Å². The molecule has 1 unspecified atom stereocenters. The third-order valence-electron chi connectivity index (χ3n) is 2.79. The van der Waals surface area contributed by atoms with Gasteiger partial charge in [-0.05, 0) is 46.1 Å². The lowest BCUT2D eigenvalue weighted by Gasteiger charge is -2.12. The molecular weight excluding hydrogens is 313 g/mol. The second-order valence-corrected chi connectivity index (χ2v) is 5.00. The van der Waals surface area contributed by atoms with Crippen LogP contribution in [0, 0.1) is 5.82 Å². The van der Waals surface area contributed by atoms with Gasteiger partial charge >= 0.3 is 5.97 Å². The zero-order valence-corrected chi connectivity index (χ0v) is 11.5. The van der Waals surface area contributed by atoms with Gasteiger partial charge in [-0.25, -0.2) is 4.39 Å². The van der Waals surface area contributed by atoms with Crippen molar-refractivity contribution in [3.8, 4) is 0 Å². The highest BCUT2D eigenvalue weighted by atomic mass is 79.9. The summed E-state index contributed by atoms with van der Waals surface area (Å²) in [5.74, 6) is -2.27. The van der Waals surface area contributed by atoms with E-state index in [0.29, 0.717) is 11.3 Å². The van der Waals surface area contributed by atoms with Gasteiger partial charge in [-0.1, -0.05) is 18.2 Å². The zero-order chi connectivity index (χ0) is 13.8. The molecule has 1 aromatic heterocycles. The minimum absolute atomic E-state index is 0.0800. The van der Waals surface area contributed by atoms with E-state index in [4.69, 9.17) is 0 Å². The van der Waals surface area contributed by atoms with Crippen molar-refractivity contribution in [2.45, 2.75) is 12.3 Å². The SMILES string of the molecule is O=C(O)C(Cc1ccccc1F)c1ccc(Br)cn1. The Balaban J connectivity index is 2.29. The molecule has 0 aliphatic heterocycles. The minimum Gasteiger partial charge on any atom is -0.481 e. The number of rotatable bonds is 4. The summed E-state index contributed by atoms with van der Waals surface area (Å²) in [5.41, 5.74) is 0.790. The number of pyridine rings is 1. The smallest absolute Gasteiger partial charge is 0.312 e. The molecule has 3 nitrogen and oxygen atoms in total. The fourth-order valence-corrected chi connectivity index (χ4v) is 2.03. The van der Waals surface area contributed by atoms with Crippen molar-refractivity contribution in [3.05, 3.63) is 64.1 Å². The maximum absolute atomic E-state index is 13.6. The largest absolute Gasteiger partial charge is 0.481 e. The van der Waals surface area contributed by atoms with E-state index in [2.05, 4.69) is 20.9 Å². The highest BCUT2D eigenvalue weighted by molar-refractivity contribution is 9.10. The molecule has 2 aromatic rings. The number of hydrogen-bond acceptors (Lipinski definition) is 2. The van der Waals surface area contributed by atoms with Gasteiger partial charge in [-0.2, -0.15) is 0 Å². The summed E-state index contributed by atoms with van der Waals surface area (Å²) < 4.78 is 14.3. The van der Waals surface area contributed by atoms with E-state index in [0.717, 1.165) is 4.47 Å². The van der Waals surface area contributed by atoms with Crippen LogP contribution in [0.5, 0.6) is 0 Å². The highest BCUT2D eigenvalue weighted by Crippen LogP contribution is 2.22. The summed E-state index contributed by atoms with van der Waals surface area (Å²) in [6, 6.07) is 9.52. The first-order valence-corrected chi connectivity index (χ1v) is 6.45. The highest BCUT2D eigenvalue weighted by Gasteiger charge is 2.22. The fraction of sp³-hybridized carbons (Fsp3) is 0.143. The third-order valence-corrected chi connectivity index (χ3v) is 3.26. The molecule has 1 aromatic carbocycles. The average Bonchev–Trinajstić information content (AvgIpc) is 2.39. The van der Waals surface area contributed by atoms with Gasteiger partial charge in [0.2, 0.25) is 0 Å². The molecule has 0 aliphatic carbocycles. The van der Waals surface area contributed by atoms with E-state index in [9.17, 15) is 14.3 Å². The van der Waals surface area contributed by atoms with E-state index in [1.807, 2.05) is 0 Å². The molecule has 98 valence electrons. The first-order valence-electron chi connectivity index (χ1n) is 5.65. The normalized spacial score (nSPS) is 12.1. The standard InChI is InChI=1S/C14H11BrFNO2/c15-10-5-6-13(17-8-10)11(14(18)19)7-9-3-1-2-4-12(9)16/h1-6,8,11H,7H2,(H,18,19). The molecule has 5 heteroatoms.